The monoisotopic (exact) mass is 586 g/mol. The Labute approximate surface area is 215 Å². The summed E-state index contributed by atoms with van der Waals surface area (Å²) in [6.45, 7) is 6.09. The van der Waals surface area contributed by atoms with Crippen LogP contribution in [0.25, 0.3) is 16.4 Å². The fraction of sp³-hybridized carbons (Fsp3) is 0.318. The van der Waals surface area contributed by atoms with Gasteiger partial charge in [-0.3, -0.25) is 0 Å². The van der Waals surface area contributed by atoms with E-state index >= 15 is 0 Å². The zero-order valence-electron chi connectivity index (χ0n) is 18.3. The molecule has 0 N–H and O–H groups in total. The lowest BCUT2D eigenvalue weighted by molar-refractivity contribution is 0.578. The van der Waals surface area contributed by atoms with Crippen LogP contribution in [0.15, 0.2) is 45.8 Å². The van der Waals surface area contributed by atoms with E-state index in [1.807, 2.05) is 39.0 Å². The molecule has 2 aromatic heterocycles. The van der Waals surface area contributed by atoms with Gasteiger partial charge in [0.1, 0.15) is 15.6 Å². The van der Waals surface area contributed by atoms with Gasteiger partial charge in [0.2, 0.25) is 0 Å². The first-order valence-corrected chi connectivity index (χ1v) is 14.3. The van der Waals surface area contributed by atoms with Crippen LogP contribution < -0.4 is 0 Å². The molecule has 0 saturated heterocycles. The fourth-order valence-corrected chi connectivity index (χ4v) is 6.39. The minimum atomic E-state index is -3.69. The number of halogens is 3. The smallest absolute Gasteiger partial charge is 0.179 e. The molecular formula is C22H21BrCl2N4O2S2. The van der Waals surface area contributed by atoms with Crippen molar-refractivity contribution in [1.29, 1.82) is 0 Å². The van der Waals surface area contributed by atoms with E-state index in [-0.39, 0.29) is 21.9 Å². The normalized spacial score (nSPS) is 16.8. The van der Waals surface area contributed by atoms with Crippen molar-refractivity contribution in [1.82, 2.24) is 20.0 Å². The SMILES string of the molecule is CC(C)(C)c1nnc(-c2nn(-c3ccc(Cl)cc3Cl)c(C3C=CC(Br)=CC3)c2S(C)(=O)=O)s1. The highest BCUT2D eigenvalue weighted by Gasteiger charge is 2.34. The van der Waals surface area contributed by atoms with Crippen molar-refractivity contribution < 1.29 is 8.42 Å². The van der Waals surface area contributed by atoms with Crippen molar-refractivity contribution in [2.75, 3.05) is 6.26 Å². The van der Waals surface area contributed by atoms with E-state index in [1.54, 1.807) is 22.9 Å². The van der Waals surface area contributed by atoms with Gasteiger partial charge < -0.3 is 0 Å². The van der Waals surface area contributed by atoms with Gasteiger partial charge >= 0.3 is 0 Å². The van der Waals surface area contributed by atoms with E-state index in [4.69, 9.17) is 28.3 Å². The van der Waals surface area contributed by atoms with Gasteiger partial charge in [0.05, 0.1) is 16.4 Å². The van der Waals surface area contributed by atoms with E-state index in [9.17, 15) is 8.42 Å². The summed E-state index contributed by atoms with van der Waals surface area (Å²) in [5.41, 5.74) is 1.11. The lowest BCUT2D eigenvalue weighted by Gasteiger charge is -2.18. The molecule has 0 saturated carbocycles. The molecule has 11 heteroatoms. The molecule has 3 aromatic rings. The van der Waals surface area contributed by atoms with E-state index in [2.05, 4.69) is 26.1 Å². The molecule has 0 bridgehead atoms. The van der Waals surface area contributed by atoms with E-state index in [0.29, 0.717) is 32.9 Å². The molecule has 0 spiro atoms. The zero-order valence-corrected chi connectivity index (χ0v) is 23.0. The van der Waals surface area contributed by atoms with E-state index in [1.165, 1.54) is 17.6 Å². The average Bonchev–Trinajstić information content (AvgIpc) is 3.33. The van der Waals surface area contributed by atoms with Crippen LogP contribution in [0.3, 0.4) is 0 Å². The first kappa shape index (κ1) is 24.6. The summed E-state index contributed by atoms with van der Waals surface area (Å²) in [4.78, 5) is 0.131. The maximum absolute atomic E-state index is 13.1. The minimum absolute atomic E-state index is 0.131. The van der Waals surface area contributed by atoms with Gasteiger partial charge in [-0.05, 0) is 24.6 Å². The topological polar surface area (TPSA) is 77.7 Å². The third kappa shape index (κ3) is 4.98. The molecule has 174 valence electrons. The van der Waals surface area contributed by atoms with Gasteiger partial charge in [-0.25, -0.2) is 13.1 Å². The van der Waals surface area contributed by atoms with Crippen molar-refractivity contribution in [3.05, 3.63) is 61.7 Å². The first-order valence-electron chi connectivity index (χ1n) is 10.0. The minimum Gasteiger partial charge on any atom is -0.234 e. The summed E-state index contributed by atoms with van der Waals surface area (Å²) >= 11 is 17.4. The van der Waals surface area contributed by atoms with Gasteiger partial charge in [0.25, 0.3) is 0 Å². The van der Waals surface area contributed by atoms with Gasteiger partial charge in [-0.15, -0.1) is 10.2 Å². The maximum Gasteiger partial charge on any atom is 0.179 e. The van der Waals surface area contributed by atoms with Gasteiger partial charge in [0, 0.05) is 27.1 Å². The highest BCUT2D eigenvalue weighted by atomic mass is 79.9. The molecule has 0 radical (unpaired) electrons. The van der Waals surface area contributed by atoms with Crippen LogP contribution in [0.5, 0.6) is 0 Å². The number of allylic oxidation sites excluding steroid dienone is 4. The Kier molecular flexibility index (Phi) is 6.65. The van der Waals surface area contributed by atoms with Crippen LogP contribution in [-0.4, -0.2) is 34.7 Å². The second kappa shape index (κ2) is 8.92. The summed E-state index contributed by atoms with van der Waals surface area (Å²) in [5, 5.41) is 15.4. The average molecular weight is 588 g/mol. The van der Waals surface area contributed by atoms with Gasteiger partial charge in [-0.1, -0.05) is 89.5 Å². The number of sulfone groups is 1. The number of rotatable bonds is 4. The third-order valence-corrected chi connectivity index (χ3v) is 8.69. The number of nitrogens with zero attached hydrogens (tertiary/aromatic N) is 4. The largest absolute Gasteiger partial charge is 0.234 e. The summed E-state index contributed by atoms with van der Waals surface area (Å²) in [6.07, 6.45) is 7.65. The van der Waals surface area contributed by atoms with Crippen molar-refractivity contribution in [3.63, 3.8) is 0 Å². The molecular weight excluding hydrogens is 567 g/mol. The van der Waals surface area contributed by atoms with Crippen LogP contribution in [0.2, 0.25) is 10.0 Å². The van der Waals surface area contributed by atoms with Gasteiger partial charge in [0.15, 0.2) is 14.8 Å². The van der Waals surface area contributed by atoms with Crippen LogP contribution in [0, 0.1) is 0 Å². The Morgan fingerprint density at radius 3 is 2.48 bits per heavy atom. The predicted octanol–water partition coefficient (Wildman–Crippen LogP) is 6.72. The number of benzene rings is 1. The lowest BCUT2D eigenvalue weighted by Crippen LogP contribution is -2.12. The maximum atomic E-state index is 13.1. The summed E-state index contributed by atoms with van der Waals surface area (Å²) < 4.78 is 28.8. The van der Waals surface area contributed by atoms with Crippen molar-refractivity contribution in [3.8, 4) is 16.4 Å². The molecule has 6 nitrogen and oxygen atoms in total. The predicted molar refractivity (Wildman–Crippen MR) is 138 cm³/mol. The molecule has 33 heavy (non-hydrogen) atoms. The lowest BCUT2D eigenvalue weighted by atomic mass is 9.96. The molecule has 0 amide bonds. The van der Waals surface area contributed by atoms with Crippen LogP contribution in [-0.2, 0) is 15.3 Å². The second-order valence-corrected chi connectivity index (χ2v) is 13.5. The zero-order chi connectivity index (χ0) is 24.1. The second-order valence-electron chi connectivity index (χ2n) is 8.80. The van der Waals surface area contributed by atoms with Crippen molar-refractivity contribution >= 4 is 60.3 Å². The molecule has 0 aliphatic heterocycles. The van der Waals surface area contributed by atoms with Crippen molar-refractivity contribution in [2.45, 2.75) is 43.4 Å². The summed E-state index contributed by atoms with van der Waals surface area (Å²) in [5.74, 6) is -0.237. The van der Waals surface area contributed by atoms with Crippen LogP contribution in [0.4, 0.5) is 0 Å². The summed E-state index contributed by atoms with van der Waals surface area (Å²) in [6, 6.07) is 5.04. The fourth-order valence-electron chi connectivity index (χ4n) is 3.50. The van der Waals surface area contributed by atoms with E-state index < -0.39 is 9.84 Å². The van der Waals surface area contributed by atoms with E-state index in [0.717, 1.165) is 9.49 Å². The molecule has 1 aromatic carbocycles. The Hall–Kier alpha value is -1.52. The number of hydrogen-bond donors (Lipinski definition) is 0. The molecule has 1 aliphatic carbocycles. The summed E-state index contributed by atoms with van der Waals surface area (Å²) in [7, 11) is -3.69. The standard InChI is InChI=1S/C22H21BrCl2N4O2S2/c1-22(2,3)21-27-26-20(32-21)17-19(33(4,30)31)18(12-5-7-13(23)8-6-12)29(28-17)16-10-9-14(24)11-15(16)25/h5,7-12H,6H2,1-4H3. The molecule has 1 atom stereocenters. The molecule has 2 heterocycles. The van der Waals surface area contributed by atoms with Crippen molar-refractivity contribution in [2.24, 2.45) is 0 Å². The Bertz CT molecular complexity index is 1400. The molecule has 1 aliphatic rings. The Morgan fingerprint density at radius 1 is 1.21 bits per heavy atom. The number of aromatic nitrogens is 4. The molecule has 1 unspecified atom stereocenters. The highest BCUT2D eigenvalue weighted by Crippen LogP contribution is 2.42. The molecule has 0 fully saturated rings. The Morgan fingerprint density at radius 2 is 1.94 bits per heavy atom. The number of hydrogen-bond acceptors (Lipinski definition) is 6. The van der Waals surface area contributed by atoms with Gasteiger partial charge in [-0.2, -0.15) is 5.10 Å². The molecule has 4 rings (SSSR count). The quantitative estimate of drug-likeness (QED) is 0.338. The highest BCUT2D eigenvalue weighted by molar-refractivity contribution is 9.11. The van der Waals surface area contributed by atoms with Crippen LogP contribution in [0.1, 0.15) is 43.8 Å². The Balaban J connectivity index is 2.04. The van der Waals surface area contributed by atoms with Crippen LogP contribution >= 0.6 is 50.5 Å². The first-order chi connectivity index (χ1) is 15.4. The third-order valence-electron chi connectivity index (χ3n) is 5.06.